The van der Waals surface area contributed by atoms with Crippen LogP contribution in [0.2, 0.25) is 0 Å². The van der Waals surface area contributed by atoms with Crippen molar-refractivity contribution in [3.8, 4) is 0 Å². The van der Waals surface area contributed by atoms with E-state index in [9.17, 15) is 14.7 Å². The van der Waals surface area contributed by atoms with Crippen molar-refractivity contribution in [2.45, 2.75) is 31.7 Å². The molecule has 1 atom stereocenters. The lowest BCUT2D eigenvalue weighted by atomic mass is 9.93. The molecule has 0 radical (unpaired) electrons. The van der Waals surface area contributed by atoms with Crippen LogP contribution in [0.3, 0.4) is 0 Å². The van der Waals surface area contributed by atoms with Gasteiger partial charge in [0.15, 0.2) is 0 Å². The van der Waals surface area contributed by atoms with E-state index in [1.54, 1.807) is 11.9 Å². The Morgan fingerprint density at radius 3 is 2.67 bits per heavy atom. The summed E-state index contributed by atoms with van der Waals surface area (Å²) in [5, 5.41) is 11.8. The number of carbonyl (C=O) groups is 2. The van der Waals surface area contributed by atoms with E-state index in [4.69, 9.17) is 0 Å². The number of likely N-dealkylation sites (tertiary alicyclic amines) is 1. The molecule has 1 unspecified atom stereocenters. The highest BCUT2D eigenvalue weighted by Crippen LogP contribution is 2.32. The first-order valence-electron chi connectivity index (χ1n) is 5.26. The molecule has 5 heteroatoms. The summed E-state index contributed by atoms with van der Waals surface area (Å²) >= 11 is 0. The normalized spacial score (nSPS) is 26.5. The molecule has 1 fully saturated rings. The van der Waals surface area contributed by atoms with Crippen LogP contribution in [0.1, 0.15) is 26.2 Å². The Hall–Kier alpha value is -1.10. The van der Waals surface area contributed by atoms with Crippen LogP contribution in [-0.4, -0.2) is 47.6 Å². The van der Waals surface area contributed by atoms with Gasteiger partial charge in [0, 0.05) is 7.05 Å². The zero-order chi connectivity index (χ0) is 11.5. The van der Waals surface area contributed by atoms with Gasteiger partial charge in [0.05, 0.1) is 6.54 Å². The van der Waals surface area contributed by atoms with Gasteiger partial charge in [-0.05, 0) is 25.8 Å². The van der Waals surface area contributed by atoms with Crippen LogP contribution >= 0.6 is 0 Å². The van der Waals surface area contributed by atoms with Crippen LogP contribution in [0.5, 0.6) is 0 Å². The number of aliphatic carboxylic acids is 1. The lowest BCUT2D eigenvalue weighted by molar-refractivity contribution is -0.150. The van der Waals surface area contributed by atoms with Crippen molar-refractivity contribution < 1.29 is 14.7 Å². The van der Waals surface area contributed by atoms with Crippen LogP contribution < -0.4 is 5.32 Å². The maximum absolute atomic E-state index is 11.3. The third kappa shape index (κ3) is 2.12. The highest BCUT2D eigenvalue weighted by molar-refractivity contribution is 5.82. The number of carboxylic acid groups (broad SMARTS) is 1. The topological polar surface area (TPSA) is 69.6 Å². The predicted octanol–water partition coefficient (Wildman–Crippen LogP) is 0.0616. The largest absolute Gasteiger partial charge is 0.480 e. The smallest absolute Gasteiger partial charge is 0.324 e. The summed E-state index contributed by atoms with van der Waals surface area (Å²) < 4.78 is 0. The fraction of sp³-hybridized carbons (Fsp3) is 0.800. The van der Waals surface area contributed by atoms with E-state index >= 15 is 0 Å². The van der Waals surface area contributed by atoms with Gasteiger partial charge in [-0.2, -0.15) is 0 Å². The van der Waals surface area contributed by atoms with E-state index < -0.39 is 11.5 Å². The third-order valence-electron chi connectivity index (χ3n) is 3.22. The first-order valence-corrected chi connectivity index (χ1v) is 5.26. The average Bonchev–Trinajstić information content (AvgIpc) is 2.61. The molecule has 86 valence electrons. The first-order chi connectivity index (χ1) is 7.06. The molecule has 0 aliphatic carbocycles. The summed E-state index contributed by atoms with van der Waals surface area (Å²) in [5.41, 5.74) is -0.827. The second-order valence-corrected chi connectivity index (χ2v) is 3.89. The van der Waals surface area contributed by atoms with Gasteiger partial charge in [0.25, 0.3) is 0 Å². The molecule has 1 rings (SSSR count). The summed E-state index contributed by atoms with van der Waals surface area (Å²) in [6.45, 7) is 2.72. The zero-order valence-corrected chi connectivity index (χ0v) is 9.25. The number of rotatable bonds is 4. The maximum Gasteiger partial charge on any atom is 0.324 e. The number of carbonyl (C=O) groups excluding carboxylic acids is 1. The van der Waals surface area contributed by atoms with E-state index in [1.165, 1.54) is 0 Å². The van der Waals surface area contributed by atoms with E-state index in [2.05, 4.69) is 5.32 Å². The van der Waals surface area contributed by atoms with Crippen LogP contribution in [-0.2, 0) is 9.59 Å². The molecular weight excluding hydrogens is 196 g/mol. The summed E-state index contributed by atoms with van der Waals surface area (Å²) in [7, 11) is 1.56. The summed E-state index contributed by atoms with van der Waals surface area (Å²) in [6.07, 6.45) is 2.02. The number of hydrogen-bond acceptors (Lipinski definition) is 3. The van der Waals surface area contributed by atoms with E-state index in [0.29, 0.717) is 19.4 Å². The molecule has 0 aromatic rings. The summed E-state index contributed by atoms with van der Waals surface area (Å²) in [4.78, 5) is 24.3. The van der Waals surface area contributed by atoms with Gasteiger partial charge < -0.3 is 10.4 Å². The molecule has 15 heavy (non-hydrogen) atoms. The molecule has 5 nitrogen and oxygen atoms in total. The molecule has 0 spiro atoms. The number of amides is 1. The number of nitrogens with zero attached hydrogens (tertiary/aromatic N) is 1. The van der Waals surface area contributed by atoms with Gasteiger partial charge in [-0.15, -0.1) is 0 Å². The van der Waals surface area contributed by atoms with Gasteiger partial charge >= 0.3 is 5.97 Å². The molecule has 1 saturated heterocycles. The first kappa shape index (κ1) is 12.0. The quantitative estimate of drug-likeness (QED) is 0.694. The second kappa shape index (κ2) is 4.61. The molecule has 1 amide bonds. The molecule has 1 aliphatic heterocycles. The van der Waals surface area contributed by atoms with Crippen molar-refractivity contribution >= 4 is 11.9 Å². The Labute approximate surface area is 89.4 Å². The minimum atomic E-state index is -0.827. The van der Waals surface area contributed by atoms with Crippen LogP contribution in [0.4, 0.5) is 0 Å². The Bertz CT molecular complexity index is 267. The van der Waals surface area contributed by atoms with Gasteiger partial charge in [-0.25, -0.2) is 0 Å². The average molecular weight is 214 g/mol. The Morgan fingerprint density at radius 2 is 2.20 bits per heavy atom. The van der Waals surface area contributed by atoms with Crippen molar-refractivity contribution in [3.05, 3.63) is 0 Å². The van der Waals surface area contributed by atoms with Crippen molar-refractivity contribution in [2.75, 3.05) is 20.1 Å². The molecule has 0 bridgehead atoms. The van der Waals surface area contributed by atoms with Gasteiger partial charge in [0.1, 0.15) is 5.54 Å². The minimum absolute atomic E-state index is 0.129. The number of hydrogen-bond donors (Lipinski definition) is 2. The van der Waals surface area contributed by atoms with Crippen molar-refractivity contribution in [1.29, 1.82) is 0 Å². The monoisotopic (exact) mass is 214 g/mol. The Balaban J connectivity index is 2.78. The van der Waals surface area contributed by atoms with E-state index in [1.807, 2.05) is 6.92 Å². The number of carboxylic acids is 1. The molecule has 1 aliphatic rings. The summed E-state index contributed by atoms with van der Waals surface area (Å²) in [5.74, 6) is -0.942. The van der Waals surface area contributed by atoms with Gasteiger partial charge in [0.2, 0.25) is 5.91 Å². The fourth-order valence-electron chi connectivity index (χ4n) is 2.21. The van der Waals surface area contributed by atoms with Crippen LogP contribution in [0.15, 0.2) is 0 Å². The molecule has 1 heterocycles. The van der Waals surface area contributed by atoms with E-state index in [0.717, 1.165) is 6.42 Å². The third-order valence-corrected chi connectivity index (χ3v) is 3.22. The van der Waals surface area contributed by atoms with Crippen LogP contribution in [0, 0.1) is 0 Å². The SMILES string of the molecule is CCC1(C(=O)O)CCCN1CC(=O)NC. The van der Waals surface area contributed by atoms with Crippen molar-refractivity contribution in [1.82, 2.24) is 10.2 Å². The Morgan fingerprint density at radius 1 is 1.53 bits per heavy atom. The lowest BCUT2D eigenvalue weighted by Gasteiger charge is -2.33. The maximum atomic E-state index is 11.3. The summed E-state index contributed by atoms with van der Waals surface area (Å²) in [6, 6.07) is 0. The van der Waals surface area contributed by atoms with Gasteiger partial charge in [-0.3, -0.25) is 14.5 Å². The lowest BCUT2D eigenvalue weighted by Crippen LogP contribution is -2.52. The molecule has 0 aromatic carbocycles. The van der Waals surface area contributed by atoms with Gasteiger partial charge in [-0.1, -0.05) is 6.92 Å². The standard InChI is InChI=1S/C10H18N2O3/c1-3-10(9(14)15)5-4-6-12(10)7-8(13)11-2/h3-7H2,1-2H3,(H,11,13)(H,14,15). The van der Waals surface area contributed by atoms with Crippen molar-refractivity contribution in [2.24, 2.45) is 0 Å². The second-order valence-electron chi connectivity index (χ2n) is 3.89. The van der Waals surface area contributed by atoms with Crippen LogP contribution in [0.25, 0.3) is 0 Å². The van der Waals surface area contributed by atoms with Crippen molar-refractivity contribution in [3.63, 3.8) is 0 Å². The zero-order valence-electron chi connectivity index (χ0n) is 9.25. The predicted molar refractivity (Wildman–Crippen MR) is 55.5 cm³/mol. The number of likely N-dealkylation sites (N-methyl/N-ethyl adjacent to an activating group) is 1. The number of nitrogens with one attached hydrogen (secondary N) is 1. The molecule has 0 saturated carbocycles. The molecule has 2 N–H and O–H groups in total. The molecule has 0 aromatic heterocycles. The fourth-order valence-corrected chi connectivity index (χ4v) is 2.21. The van der Waals surface area contributed by atoms with E-state index in [-0.39, 0.29) is 12.5 Å². The Kier molecular flexibility index (Phi) is 3.68. The minimum Gasteiger partial charge on any atom is -0.480 e. The highest BCUT2D eigenvalue weighted by Gasteiger charge is 2.46. The highest BCUT2D eigenvalue weighted by atomic mass is 16.4. The molecular formula is C10H18N2O3.